The molecule has 5 nitrogen and oxygen atoms in total. The summed E-state index contributed by atoms with van der Waals surface area (Å²) in [6, 6.07) is 3.31. The van der Waals surface area contributed by atoms with Crippen LogP contribution >= 0.6 is 0 Å². The number of phenolic OH excluding ortho intramolecular Hbond substituents is 2. The summed E-state index contributed by atoms with van der Waals surface area (Å²) in [6.45, 7) is 3.14. The van der Waals surface area contributed by atoms with Crippen LogP contribution < -0.4 is 5.73 Å². The van der Waals surface area contributed by atoms with Gasteiger partial charge in [0, 0.05) is 0 Å². The SMILES string of the molecule is CCCCCCCC/C=C\CCCCCCCCN.O=C(O)c1ccc(O)c(O)c1. The number of allylic oxidation sites excluding steroid dienone is 2. The van der Waals surface area contributed by atoms with Gasteiger partial charge in [-0.3, -0.25) is 0 Å². The maximum atomic E-state index is 10.3. The van der Waals surface area contributed by atoms with Gasteiger partial charge in [-0.05, 0) is 56.8 Å². The topological polar surface area (TPSA) is 104 Å². The van der Waals surface area contributed by atoms with Gasteiger partial charge in [0.25, 0.3) is 0 Å². The Morgan fingerprint density at radius 2 is 1.30 bits per heavy atom. The highest BCUT2D eigenvalue weighted by Crippen LogP contribution is 2.24. The maximum absolute atomic E-state index is 10.3. The second kappa shape index (κ2) is 20.3. The average Bonchev–Trinajstić information content (AvgIpc) is 2.73. The molecule has 0 saturated heterocycles. The highest BCUT2D eigenvalue weighted by molar-refractivity contribution is 5.88. The summed E-state index contributed by atoms with van der Waals surface area (Å²) < 4.78 is 0. The maximum Gasteiger partial charge on any atom is 0.335 e. The molecule has 0 bridgehead atoms. The zero-order valence-electron chi connectivity index (χ0n) is 18.8. The molecular formula is C25H43NO4. The van der Waals surface area contributed by atoms with Crippen molar-refractivity contribution in [1.82, 2.24) is 0 Å². The molecule has 0 spiro atoms. The third-order valence-electron chi connectivity index (χ3n) is 4.94. The van der Waals surface area contributed by atoms with Crippen LogP contribution in [0.5, 0.6) is 11.5 Å². The van der Waals surface area contributed by atoms with Crippen LogP contribution in [0.15, 0.2) is 30.4 Å². The lowest BCUT2D eigenvalue weighted by molar-refractivity contribution is 0.0696. The summed E-state index contributed by atoms with van der Waals surface area (Å²) >= 11 is 0. The minimum Gasteiger partial charge on any atom is -0.504 e. The van der Waals surface area contributed by atoms with E-state index in [4.69, 9.17) is 21.1 Å². The molecule has 0 amide bonds. The van der Waals surface area contributed by atoms with Crippen molar-refractivity contribution in [1.29, 1.82) is 0 Å². The Morgan fingerprint density at radius 3 is 1.77 bits per heavy atom. The normalized spacial score (nSPS) is 10.7. The number of unbranched alkanes of at least 4 members (excludes halogenated alkanes) is 12. The molecule has 30 heavy (non-hydrogen) atoms. The Balaban J connectivity index is 0.000000642. The van der Waals surface area contributed by atoms with Crippen LogP contribution in [0, 0.1) is 0 Å². The van der Waals surface area contributed by atoms with E-state index in [2.05, 4.69) is 19.1 Å². The van der Waals surface area contributed by atoms with Crippen LogP contribution in [0.1, 0.15) is 107 Å². The fraction of sp³-hybridized carbons (Fsp3) is 0.640. The Hall–Kier alpha value is -2.01. The van der Waals surface area contributed by atoms with Gasteiger partial charge in [-0.25, -0.2) is 4.79 Å². The van der Waals surface area contributed by atoms with E-state index in [1.807, 2.05) is 0 Å². The summed E-state index contributed by atoms with van der Waals surface area (Å²) in [7, 11) is 0. The molecule has 1 aromatic rings. The van der Waals surface area contributed by atoms with Gasteiger partial charge in [0.15, 0.2) is 11.5 Å². The van der Waals surface area contributed by atoms with Crippen molar-refractivity contribution >= 4 is 5.97 Å². The molecule has 0 aliphatic heterocycles. The van der Waals surface area contributed by atoms with E-state index in [1.54, 1.807) is 0 Å². The van der Waals surface area contributed by atoms with Gasteiger partial charge in [0.2, 0.25) is 0 Å². The van der Waals surface area contributed by atoms with Crippen molar-refractivity contribution in [3.05, 3.63) is 35.9 Å². The molecule has 5 heteroatoms. The fourth-order valence-corrected chi connectivity index (χ4v) is 3.05. The van der Waals surface area contributed by atoms with Gasteiger partial charge in [0.05, 0.1) is 5.56 Å². The minimum absolute atomic E-state index is 0.0553. The Morgan fingerprint density at radius 1 is 0.800 bits per heavy atom. The first kappa shape index (κ1) is 28.0. The van der Waals surface area contributed by atoms with Crippen molar-refractivity contribution in [3.8, 4) is 11.5 Å². The number of phenols is 2. The van der Waals surface area contributed by atoms with Crippen LogP contribution in [0.2, 0.25) is 0 Å². The summed E-state index contributed by atoms with van der Waals surface area (Å²) in [5, 5.41) is 26.0. The Bertz CT molecular complexity index is 572. The average molecular weight is 422 g/mol. The van der Waals surface area contributed by atoms with E-state index in [1.165, 1.54) is 96.0 Å². The first-order valence-corrected chi connectivity index (χ1v) is 11.6. The fourth-order valence-electron chi connectivity index (χ4n) is 3.05. The van der Waals surface area contributed by atoms with E-state index in [-0.39, 0.29) is 11.3 Å². The highest BCUT2D eigenvalue weighted by Gasteiger charge is 2.05. The first-order valence-electron chi connectivity index (χ1n) is 11.6. The van der Waals surface area contributed by atoms with Crippen LogP contribution in [0.25, 0.3) is 0 Å². The van der Waals surface area contributed by atoms with Gasteiger partial charge in [0.1, 0.15) is 0 Å². The lowest BCUT2D eigenvalue weighted by atomic mass is 10.1. The molecule has 172 valence electrons. The monoisotopic (exact) mass is 421 g/mol. The number of aromatic carboxylic acids is 1. The van der Waals surface area contributed by atoms with Crippen LogP contribution in [-0.2, 0) is 0 Å². The quantitative estimate of drug-likeness (QED) is 0.134. The lowest BCUT2D eigenvalue weighted by Crippen LogP contribution is -1.97. The summed E-state index contributed by atoms with van der Waals surface area (Å²) in [5.41, 5.74) is 5.42. The summed E-state index contributed by atoms with van der Waals surface area (Å²) in [4.78, 5) is 10.3. The molecule has 1 aromatic carbocycles. The number of nitrogens with two attached hydrogens (primary N) is 1. The van der Waals surface area contributed by atoms with Gasteiger partial charge in [-0.15, -0.1) is 0 Å². The summed E-state index contributed by atoms with van der Waals surface area (Å²) in [6.07, 6.45) is 23.9. The zero-order valence-corrected chi connectivity index (χ0v) is 18.8. The third kappa shape index (κ3) is 16.9. The van der Waals surface area contributed by atoms with Gasteiger partial charge >= 0.3 is 5.97 Å². The van der Waals surface area contributed by atoms with Crippen molar-refractivity contribution in [2.45, 2.75) is 96.8 Å². The van der Waals surface area contributed by atoms with E-state index < -0.39 is 11.7 Å². The standard InChI is InChI=1S/C18H37N.C7H6O4/c1-2-3-4-5-6-7-8-9-10-11-12-13-14-15-16-17-18-19;8-5-2-1-4(7(10)11)3-6(5)9/h9-10H,2-8,11-19H2,1H3;1-3,8-9H,(H,10,11)/b10-9-;. The van der Waals surface area contributed by atoms with Crippen LogP contribution in [0.3, 0.4) is 0 Å². The number of carboxylic acid groups (broad SMARTS) is 1. The molecular weight excluding hydrogens is 378 g/mol. The molecule has 0 aliphatic carbocycles. The molecule has 0 saturated carbocycles. The number of hydrogen-bond donors (Lipinski definition) is 4. The molecule has 0 radical (unpaired) electrons. The Kier molecular flexibility index (Phi) is 18.9. The number of carboxylic acids is 1. The predicted octanol–water partition coefficient (Wildman–Crippen LogP) is 6.78. The van der Waals surface area contributed by atoms with Gasteiger partial charge < -0.3 is 21.1 Å². The molecule has 0 unspecified atom stereocenters. The van der Waals surface area contributed by atoms with Gasteiger partial charge in [-0.1, -0.05) is 76.9 Å². The third-order valence-corrected chi connectivity index (χ3v) is 4.94. The molecule has 0 heterocycles. The number of hydrogen-bond acceptors (Lipinski definition) is 4. The second-order valence-corrected chi connectivity index (χ2v) is 7.74. The smallest absolute Gasteiger partial charge is 0.335 e. The first-order chi connectivity index (χ1) is 14.5. The summed E-state index contributed by atoms with van der Waals surface area (Å²) in [5.74, 6) is -1.89. The van der Waals surface area contributed by atoms with Crippen LogP contribution in [-0.4, -0.2) is 27.8 Å². The van der Waals surface area contributed by atoms with Crippen LogP contribution in [0.4, 0.5) is 0 Å². The minimum atomic E-state index is -1.14. The number of aromatic hydroxyl groups is 2. The largest absolute Gasteiger partial charge is 0.504 e. The van der Waals surface area contributed by atoms with Crippen molar-refractivity contribution in [2.75, 3.05) is 6.54 Å². The molecule has 0 aliphatic rings. The highest BCUT2D eigenvalue weighted by atomic mass is 16.4. The number of benzene rings is 1. The molecule has 0 aromatic heterocycles. The Labute approximate surface area is 183 Å². The second-order valence-electron chi connectivity index (χ2n) is 7.74. The van der Waals surface area contributed by atoms with Crippen molar-refractivity contribution in [3.63, 3.8) is 0 Å². The van der Waals surface area contributed by atoms with E-state index in [0.717, 1.165) is 18.7 Å². The predicted molar refractivity (Wildman–Crippen MR) is 125 cm³/mol. The van der Waals surface area contributed by atoms with Crippen molar-refractivity contribution in [2.24, 2.45) is 5.73 Å². The molecule has 5 N–H and O–H groups in total. The van der Waals surface area contributed by atoms with Crippen molar-refractivity contribution < 1.29 is 20.1 Å². The zero-order chi connectivity index (χ0) is 22.5. The molecule has 0 atom stereocenters. The number of rotatable bonds is 16. The van der Waals surface area contributed by atoms with E-state index >= 15 is 0 Å². The number of carbonyl (C=O) groups is 1. The van der Waals surface area contributed by atoms with E-state index in [0.29, 0.717) is 0 Å². The van der Waals surface area contributed by atoms with Gasteiger partial charge in [-0.2, -0.15) is 0 Å². The van der Waals surface area contributed by atoms with E-state index in [9.17, 15) is 4.79 Å². The molecule has 1 rings (SSSR count). The molecule has 0 fully saturated rings. The lowest BCUT2D eigenvalue weighted by Gasteiger charge is -1.99.